The molecular formula is C11H15N5O3. The molecule has 8 nitrogen and oxygen atoms in total. The van der Waals surface area contributed by atoms with E-state index in [2.05, 4.69) is 10.1 Å². The van der Waals surface area contributed by atoms with Crippen molar-refractivity contribution >= 4 is 17.3 Å². The van der Waals surface area contributed by atoms with E-state index < -0.39 is 12.2 Å². The number of nitrogen functional groups attached to an aromatic ring is 2. The van der Waals surface area contributed by atoms with Crippen LogP contribution in [0.4, 0.5) is 11.8 Å². The van der Waals surface area contributed by atoms with E-state index in [1.807, 2.05) is 0 Å². The Morgan fingerprint density at radius 1 is 1.42 bits per heavy atom. The first-order chi connectivity index (χ1) is 9.10. The number of fused-ring (bicyclic) bond motifs is 1. The van der Waals surface area contributed by atoms with Crippen molar-refractivity contribution in [2.45, 2.75) is 24.7 Å². The summed E-state index contributed by atoms with van der Waals surface area (Å²) in [5, 5.41) is 23.2. The molecule has 0 aromatic carbocycles. The average Bonchev–Trinajstić information content (AvgIpc) is 2.92. The molecule has 0 amide bonds. The summed E-state index contributed by atoms with van der Waals surface area (Å²) in [6.07, 6.45) is -1.26. The molecule has 1 fully saturated rings. The highest BCUT2D eigenvalue weighted by Gasteiger charge is 2.36. The molecule has 1 aliphatic rings. The number of ether oxygens (including phenoxy) is 1. The van der Waals surface area contributed by atoms with Crippen LogP contribution in [0.3, 0.4) is 0 Å². The molecule has 0 radical (unpaired) electrons. The fourth-order valence-electron chi connectivity index (χ4n) is 2.40. The Balaban J connectivity index is 2.06. The molecule has 3 atom stereocenters. The lowest BCUT2D eigenvalue weighted by molar-refractivity contribution is -0.0136. The molecule has 102 valence electrons. The quantitative estimate of drug-likeness (QED) is 0.552. The zero-order chi connectivity index (χ0) is 13.6. The molecular weight excluding hydrogens is 250 g/mol. The molecule has 0 bridgehead atoms. The van der Waals surface area contributed by atoms with E-state index in [0.29, 0.717) is 17.6 Å². The molecule has 1 saturated heterocycles. The van der Waals surface area contributed by atoms with Crippen molar-refractivity contribution in [1.29, 1.82) is 0 Å². The third kappa shape index (κ3) is 1.89. The number of rotatable bonds is 2. The summed E-state index contributed by atoms with van der Waals surface area (Å²) in [6, 6.07) is 3.50. The minimum atomic E-state index is -0.701. The summed E-state index contributed by atoms with van der Waals surface area (Å²) >= 11 is 0. The molecule has 0 aliphatic carbocycles. The Morgan fingerprint density at radius 2 is 2.21 bits per heavy atom. The average molecular weight is 265 g/mol. The zero-order valence-corrected chi connectivity index (χ0v) is 10.1. The minimum absolute atomic E-state index is 0.0497. The highest BCUT2D eigenvalue weighted by Crippen LogP contribution is 2.34. The molecule has 1 aliphatic heterocycles. The first-order valence-electron chi connectivity index (χ1n) is 5.95. The fraction of sp³-hybridized carbons (Fsp3) is 0.455. The van der Waals surface area contributed by atoms with Crippen LogP contribution in [0.1, 0.15) is 18.2 Å². The van der Waals surface area contributed by atoms with E-state index in [1.54, 1.807) is 12.1 Å². The van der Waals surface area contributed by atoms with Gasteiger partial charge in [0.2, 0.25) is 5.95 Å². The second kappa shape index (κ2) is 4.34. The first kappa shape index (κ1) is 12.2. The van der Waals surface area contributed by atoms with E-state index in [-0.39, 0.29) is 24.5 Å². The molecule has 0 saturated carbocycles. The Labute approximate surface area is 108 Å². The van der Waals surface area contributed by atoms with Crippen LogP contribution in [0, 0.1) is 0 Å². The van der Waals surface area contributed by atoms with Crippen molar-refractivity contribution < 1.29 is 14.9 Å². The lowest BCUT2D eigenvalue weighted by Crippen LogP contribution is -2.16. The lowest BCUT2D eigenvalue weighted by Gasteiger charge is -2.14. The smallest absolute Gasteiger partial charge is 0.240 e. The Kier molecular flexibility index (Phi) is 2.77. The Hall–Kier alpha value is -1.90. The van der Waals surface area contributed by atoms with Crippen LogP contribution < -0.4 is 11.5 Å². The lowest BCUT2D eigenvalue weighted by atomic mass is 10.1. The van der Waals surface area contributed by atoms with Gasteiger partial charge in [-0.05, 0) is 12.1 Å². The summed E-state index contributed by atoms with van der Waals surface area (Å²) < 4.78 is 7.11. The highest BCUT2D eigenvalue weighted by molar-refractivity contribution is 5.66. The van der Waals surface area contributed by atoms with Crippen molar-refractivity contribution in [3.05, 3.63) is 17.8 Å². The van der Waals surface area contributed by atoms with Crippen LogP contribution in [-0.2, 0) is 4.74 Å². The van der Waals surface area contributed by atoms with Gasteiger partial charge in [0.25, 0.3) is 0 Å². The van der Waals surface area contributed by atoms with E-state index in [9.17, 15) is 5.11 Å². The van der Waals surface area contributed by atoms with Gasteiger partial charge in [-0.2, -0.15) is 4.98 Å². The van der Waals surface area contributed by atoms with Gasteiger partial charge in [-0.1, -0.05) is 0 Å². The van der Waals surface area contributed by atoms with Gasteiger partial charge in [-0.3, -0.25) is 0 Å². The topological polar surface area (TPSA) is 132 Å². The van der Waals surface area contributed by atoms with Crippen molar-refractivity contribution in [1.82, 2.24) is 14.6 Å². The van der Waals surface area contributed by atoms with Gasteiger partial charge in [0, 0.05) is 6.42 Å². The maximum atomic E-state index is 10.0. The highest BCUT2D eigenvalue weighted by atomic mass is 16.5. The van der Waals surface area contributed by atoms with Crippen LogP contribution >= 0.6 is 0 Å². The molecule has 8 heteroatoms. The van der Waals surface area contributed by atoms with Crippen molar-refractivity contribution in [3.8, 4) is 0 Å². The van der Waals surface area contributed by atoms with Gasteiger partial charge in [-0.15, -0.1) is 5.10 Å². The van der Waals surface area contributed by atoms with Crippen molar-refractivity contribution in [2.24, 2.45) is 0 Å². The standard InChI is InChI=1S/C11H15N5O3/c12-10-7-2-1-6(16(7)15-11(13)14-10)9-8(18)3-5(4-17)19-9/h1-2,5,8-9,17-18H,3-4H2,(H4,12,13,14,15)/t5-,8-,9-/m0/s1. The van der Waals surface area contributed by atoms with Crippen LogP contribution in [0.25, 0.3) is 5.52 Å². The molecule has 0 spiro atoms. The Morgan fingerprint density at radius 3 is 2.89 bits per heavy atom. The fourth-order valence-corrected chi connectivity index (χ4v) is 2.40. The number of hydrogen-bond donors (Lipinski definition) is 4. The molecule has 3 heterocycles. The molecule has 2 aromatic rings. The molecule has 6 N–H and O–H groups in total. The summed E-state index contributed by atoms with van der Waals surface area (Å²) in [6.45, 7) is -0.129. The van der Waals surface area contributed by atoms with Crippen molar-refractivity contribution in [2.75, 3.05) is 18.1 Å². The monoisotopic (exact) mass is 265 g/mol. The number of aromatic nitrogens is 3. The maximum absolute atomic E-state index is 10.0. The number of aliphatic hydroxyl groups is 2. The van der Waals surface area contributed by atoms with Gasteiger partial charge in [0.15, 0.2) is 5.82 Å². The van der Waals surface area contributed by atoms with Crippen LogP contribution in [0.5, 0.6) is 0 Å². The SMILES string of the molecule is Nc1nc(N)c2ccc([C@@H]3O[C@H](CO)C[C@@H]3O)n2n1. The third-order valence-electron chi connectivity index (χ3n) is 3.27. The van der Waals surface area contributed by atoms with E-state index in [1.165, 1.54) is 4.52 Å². The number of anilines is 2. The van der Waals surface area contributed by atoms with E-state index in [4.69, 9.17) is 21.3 Å². The maximum Gasteiger partial charge on any atom is 0.240 e. The first-order valence-corrected chi connectivity index (χ1v) is 5.95. The predicted octanol–water partition coefficient (Wildman–Crippen LogP) is -0.923. The minimum Gasteiger partial charge on any atom is -0.394 e. The number of nitrogens with two attached hydrogens (primary N) is 2. The summed E-state index contributed by atoms with van der Waals surface area (Å²) in [7, 11) is 0. The normalized spacial score (nSPS) is 27.2. The zero-order valence-electron chi connectivity index (χ0n) is 10.1. The largest absolute Gasteiger partial charge is 0.394 e. The number of hydrogen-bond acceptors (Lipinski definition) is 7. The summed E-state index contributed by atoms with van der Waals surface area (Å²) in [4.78, 5) is 3.87. The molecule has 0 unspecified atom stereocenters. The number of nitrogens with zero attached hydrogens (tertiary/aromatic N) is 3. The van der Waals surface area contributed by atoms with E-state index >= 15 is 0 Å². The third-order valence-corrected chi connectivity index (χ3v) is 3.27. The van der Waals surface area contributed by atoms with Crippen LogP contribution in [-0.4, -0.2) is 43.6 Å². The van der Waals surface area contributed by atoms with E-state index in [0.717, 1.165) is 0 Å². The molecule has 19 heavy (non-hydrogen) atoms. The van der Waals surface area contributed by atoms with Gasteiger partial charge >= 0.3 is 0 Å². The van der Waals surface area contributed by atoms with Crippen LogP contribution in [0.2, 0.25) is 0 Å². The number of aliphatic hydroxyl groups excluding tert-OH is 2. The molecule has 3 rings (SSSR count). The predicted molar refractivity (Wildman–Crippen MR) is 67.1 cm³/mol. The van der Waals surface area contributed by atoms with Gasteiger partial charge in [0.05, 0.1) is 24.5 Å². The summed E-state index contributed by atoms with van der Waals surface area (Å²) in [5.41, 5.74) is 12.6. The van der Waals surface area contributed by atoms with Crippen LogP contribution in [0.15, 0.2) is 12.1 Å². The van der Waals surface area contributed by atoms with Gasteiger partial charge < -0.3 is 26.4 Å². The van der Waals surface area contributed by atoms with Crippen molar-refractivity contribution in [3.63, 3.8) is 0 Å². The Bertz CT molecular complexity index is 614. The van der Waals surface area contributed by atoms with Gasteiger partial charge in [0.1, 0.15) is 11.6 Å². The molecule has 2 aromatic heterocycles. The second-order valence-corrected chi connectivity index (χ2v) is 4.57. The summed E-state index contributed by atoms with van der Waals surface area (Å²) in [5.74, 6) is 0.318. The van der Waals surface area contributed by atoms with Gasteiger partial charge in [-0.25, -0.2) is 4.52 Å². The second-order valence-electron chi connectivity index (χ2n) is 4.57.